The topological polar surface area (TPSA) is 185 Å². The van der Waals surface area contributed by atoms with Gasteiger partial charge in [-0.05, 0) is 12.1 Å². The maximum Gasteiger partial charge on any atom is 0.423 e. The number of nitro benzene ring substituents is 4. The molecule has 0 saturated carbocycles. The molecular formula is C14H5F6N5O8. The van der Waals surface area contributed by atoms with Gasteiger partial charge in [0.25, 0.3) is 22.7 Å². The molecule has 0 saturated heterocycles. The van der Waals surface area contributed by atoms with Gasteiger partial charge in [0.05, 0.1) is 31.8 Å². The van der Waals surface area contributed by atoms with Crippen LogP contribution in [0.25, 0.3) is 0 Å². The number of rotatable bonds is 6. The largest absolute Gasteiger partial charge is 0.423 e. The van der Waals surface area contributed by atoms with E-state index in [4.69, 9.17) is 0 Å². The quantitative estimate of drug-likeness (QED) is 0.330. The van der Waals surface area contributed by atoms with Crippen molar-refractivity contribution >= 4 is 34.1 Å². The predicted molar refractivity (Wildman–Crippen MR) is 92.8 cm³/mol. The summed E-state index contributed by atoms with van der Waals surface area (Å²) in [6.07, 6.45) is -10.9. The van der Waals surface area contributed by atoms with Crippen LogP contribution in [0.1, 0.15) is 11.1 Å². The van der Waals surface area contributed by atoms with Crippen molar-refractivity contribution in [1.82, 2.24) is 0 Å². The van der Waals surface area contributed by atoms with Crippen LogP contribution < -0.4 is 5.32 Å². The van der Waals surface area contributed by atoms with Crippen LogP contribution >= 0.6 is 0 Å². The van der Waals surface area contributed by atoms with Crippen LogP contribution in [-0.2, 0) is 12.4 Å². The van der Waals surface area contributed by atoms with E-state index in [1.165, 1.54) is 0 Å². The summed E-state index contributed by atoms with van der Waals surface area (Å²) >= 11 is 0. The molecule has 0 spiro atoms. The van der Waals surface area contributed by atoms with E-state index in [-0.39, 0.29) is 24.3 Å². The molecule has 0 aromatic heterocycles. The number of nitrogens with one attached hydrogen (secondary N) is 1. The Bertz CT molecular complexity index is 1100. The Kier molecular flexibility index (Phi) is 6.11. The molecule has 176 valence electrons. The minimum Gasteiger partial charge on any atom is -0.344 e. The van der Waals surface area contributed by atoms with Crippen molar-refractivity contribution < 1.29 is 46.0 Å². The van der Waals surface area contributed by atoms with Crippen LogP contribution in [0.4, 0.5) is 60.5 Å². The second-order valence-electron chi connectivity index (χ2n) is 5.92. The molecule has 33 heavy (non-hydrogen) atoms. The fourth-order valence-corrected chi connectivity index (χ4v) is 2.56. The molecule has 0 atom stereocenters. The monoisotopic (exact) mass is 485 g/mol. The van der Waals surface area contributed by atoms with Gasteiger partial charge in [0.1, 0.15) is 22.5 Å². The summed E-state index contributed by atoms with van der Waals surface area (Å²) in [5.41, 5.74) is -13.1. The predicted octanol–water partition coefficient (Wildman–Crippen LogP) is 5.10. The smallest absolute Gasteiger partial charge is 0.344 e. The van der Waals surface area contributed by atoms with Crippen molar-refractivity contribution in [2.75, 3.05) is 5.32 Å². The third kappa shape index (κ3) is 5.02. The minimum absolute atomic E-state index is 0.146. The van der Waals surface area contributed by atoms with Gasteiger partial charge >= 0.3 is 12.4 Å². The summed E-state index contributed by atoms with van der Waals surface area (Å²) < 4.78 is 79.2. The van der Waals surface area contributed by atoms with E-state index >= 15 is 0 Å². The zero-order chi connectivity index (χ0) is 25.5. The Hall–Kier alpha value is -4.58. The average molecular weight is 485 g/mol. The number of hydrogen-bond donors (Lipinski definition) is 1. The van der Waals surface area contributed by atoms with Gasteiger partial charge in [0.2, 0.25) is 0 Å². The molecule has 0 heterocycles. The summed E-state index contributed by atoms with van der Waals surface area (Å²) in [5, 5.41) is 45.8. The minimum atomic E-state index is -5.47. The molecule has 1 N–H and O–H groups in total. The van der Waals surface area contributed by atoms with Crippen LogP contribution in [-0.4, -0.2) is 19.7 Å². The van der Waals surface area contributed by atoms with Crippen molar-refractivity contribution in [1.29, 1.82) is 0 Å². The molecule has 2 aromatic rings. The van der Waals surface area contributed by atoms with Crippen molar-refractivity contribution in [3.63, 3.8) is 0 Å². The van der Waals surface area contributed by atoms with Crippen LogP contribution in [0, 0.1) is 40.5 Å². The molecule has 0 unspecified atom stereocenters. The molecule has 13 nitrogen and oxygen atoms in total. The van der Waals surface area contributed by atoms with Gasteiger partial charge < -0.3 is 5.32 Å². The van der Waals surface area contributed by atoms with Crippen molar-refractivity contribution in [2.24, 2.45) is 0 Å². The summed E-state index contributed by atoms with van der Waals surface area (Å²) in [5.74, 6) is 0. The fourth-order valence-electron chi connectivity index (χ4n) is 2.56. The summed E-state index contributed by atoms with van der Waals surface area (Å²) in [7, 11) is 0. The highest BCUT2D eigenvalue weighted by atomic mass is 19.4. The Morgan fingerprint density at radius 2 is 0.818 bits per heavy atom. The zero-order valence-electron chi connectivity index (χ0n) is 15.1. The lowest BCUT2D eigenvalue weighted by Gasteiger charge is -2.14. The Balaban J connectivity index is 2.88. The van der Waals surface area contributed by atoms with Gasteiger partial charge in [0, 0.05) is 0 Å². The van der Waals surface area contributed by atoms with E-state index in [1.54, 1.807) is 5.32 Å². The first-order valence-corrected chi connectivity index (χ1v) is 7.80. The lowest BCUT2D eigenvalue weighted by molar-refractivity contribution is -0.395. The molecular weight excluding hydrogens is 480 g/mol. The van der Waals surface area contributed by atoms with Crippen molar-refractivity contribution in [3.05, 3.63) is 75.8 Å². The third-order valence-corrected chi connectivity index (χ3v) is 3.89. The molecule has 0 aliphatic carbocycles. The highest BCUT2D eigenvalue weighted by Gasteiger charge is 2.43. The Labute approximate surface area is 174 Å². The first kappa shape index (κ1) is 24.7. The van der Waals surface area contributed by atoms with Crippen LogP contribution in [0.5, 0.6) is 0 Å². The number of anilines is 2. The second-order valence-corrected chi connectivity index (χ2v) is 5.92. The number of nitro groups is 4. The molecule has 0 aliphatic rings. The number of alkyl halides is 6. The molecule has 2 aromatic carbocycles. The fraction of sp³-hybridized carbons (Fsp3) is 0.143. The van der Waals surface area contributed by atoms with Crippen LogP contribution in [0.2, 0.25) is 0 Å². The molecule has 0 fully saturated rings. The maximum absolute atomic E-state index is 13.2. The van der Waals surface area contributed by atoms with E-state index in [0.717, 1.165) is 0 Å². The zero-order valence-corrected chi connectivity index (χ0v) is 15.1. The lowest BCUT2D eigenvalue weighted by atomic mass is 10.1. The van der Waals surface area contributed by atoms with Gasteiger partial charge in [-0.25, -0.2) is 0 Å². The van der Waals surface area contributed by atoms with Crippen molar-refractivity contribution in [2.45, 2.75) is 12.4 Å². The van der Waals surface area contributed by atoms with E-state index in [2.05, 4.69) is 0 Å². The van der Waals surface area contributed by atoms with E-state index < -0.39 is 77.3 Å². The van der Waals surface area contributed by atoms with Gasteiger partial charge in [-0.3, -0.25) is 40.5 Å². The summed E-state index contributed by atoms with van der Waals surface area (Å²) in [6.45, 7) is 0. The SMILES string of the molecule is O=[N+]([O-])c1cc([N+](=O)[O-])c(C(F)(F)F)cc1Nc1cc(C(F)(F)F)c([N+](=O)[O-])cc1[N+](=O)[O-]. The molecule has 0 aliphatic heterocycles. The summed E-state index contributed by atoms with van der Waals surface area (Å²) in [4.78, 5) is 38.1. The summed E-state index contributed by atoms with van der Waals surface area (Å²) in [6, 6.07) is -0.691. The Morgan fingerprint density at radius 1 is 0.545 bits per heavy atom. The third-order valence-electron chi connectivity index (χ3n) is 3.89. The van der Waals surface area contributed by atoms with E-state index in [1.807, 2.05) is 0 Å². The number of benzene rings is 2. The van der Waals surface area contributed by atoms with Crippen LogP contribution in [0.15, 0.2) is 24.3 Å². The standard InChI is InChI=1S/C14H5F6N5O8/c15-13(16,17)5-1-7(11(24(30)31)3-9(5)22(26)27)21-8-2-6(14(18,19)20)10(23(28)29)4-12(8)25(32)33/h1-4,21H. The number of hydrogen-bond acceptors (Lipinski definition) is 9. The van der Waals surface area contributed by atoms with Crippen LogP contribution in [0.3, 0.4) is 0 Å². The molecule has 0 amide bonds. The molecule has 0 bridgehead atoms. The molecule has 19 heteroatoms. The second kappa shape index (κ2) is 8.16. The first-order valence-electron chi connectivity index (χ1n) is 7.80. The average Bonchev–Trinajstić information content (AvgIpc) is 2.65. The number of nitrogens with zero attached hydrogens (tertiary/aromatic N) is 4. The molecule has 0 radical (unpaired) electrons. The number of halogens is 6. The lowest BCUT2D eigenvalue weighted by Crippen LogP contribution is -2.12. The van der Waals surface area contributed by atoms with Gasteiger partial charge in [0.15, 0.2) is 0 Å². The van der Waals surface area contributed by atoms with E-state index in [0.29, 0.717) is 0 Å². The van der Waals surface area contributed by atoms with Gasteiger partial charge in [-0.15, -0.1) is 0 Å². The Morgan fingerprint density at radius 3 is 1.03 bits per heavy atom. The van der Waals surface area contributed by atoms with Gasteiger partial charge in [-0.2, -0.15) is 26.3 Å². The molecule has 2 rings (SSSR count). The maximum atomic E-state index is 13.2. The first-order chi connectivity index (χ1) is 14.9. The van der Waals surface area contributed by atoms with E-state index in [9.17, 15) is 66.8 Å². The van der Waals surface area contributed by atoms with Crippen molar-refractivity contribution in [3.8, 4) is 0 Å². The highest BCUT2D eigenvalue weighted by Crippen LogP contribution is 2.45. The normalized spacial score (nSPS) is 11.7. The van der Waals surface area contributed by atoms with Gasteiger partial charge in [-0.1, -0.05) is 0 Å². The highest BCUT2D eigenvalue weighted by molar-refractivity contribution is 5.79.